The van der Waals surface area contributed by atoms with E-state index in [0.717, 1.165) is 0 Å². The Bertz CT molecular complexity index is 375. The average Bonchev–Trinajstić information content (AvgIpc) is 1.83. The van der Waals surface area contributed by atoms with Crippen LogP contribution in [0, 0.1) is 0 Å². The molecule has 7 heteroatoms. The molecule has 0 aliphatic heterocycles. The van der Waals surface area contributed by atoms with Crippen molar-refractivity contribution in [1.29, 1.82) is 0 Å². The van der Waals surface area contributed by atoms with Crippen LogP contribution in [-0.2, 0) is 19.8 Å². The molecule has 0 bridgehead atoms. The molecule has 0 saturated carbocycles. The van der Waals surface area contributed by atoms with Crippen molar-refractivity contribution in [2.45, 2.75) is 26.7 Å². The molecule has 13 heavy (non-hydrogen) atoms. The maximum absolute atomic E-state index is 11.4. The van der Waals surface area contributed by atoms with Crippen LogP contribution in [-0.4, -0.2) is 27.1 Å². The summed E-state index contributed by atoms with van der Waals surface area (Å²) in [7, 11) is -7.43. The fourth-order valence-electron chi connectivity index (χ4n) is 0.999. The minimum atomic E-state index is -4.00. The summed E-state index contributed by atoms with van der Waals surface area (Å²) in [6.45, 7) is 3.19. The van der Waals surface area contributed by atoms with Gasteiger partial charge in [-0.1, -0.05) is 13.8 Å². The Kier molecular flexibility index (Phi) is 4.37. The Labute approximate surface area is 79.2 Å². The van der Waals surface area contributed by atoms with Crippen molar-refractivity contribution >= 4 is 24.0 Å². The molecule has 80 valence electrons. The molecule has 1 atom stereocenters. The van der Waals surface area contributed by atoms with E-state index >= 15 is 0 Å². The predicted molar refractivity (Wildman–Crippen MR) is 54.3 cm³/mol. The van der Waals surface area contributed by atoms with Gasteiger partial charge in [0.2, 0.25) is 10.0 Å². The Morgan fingerprint density at radius 2 is 1.77 bits per heavy atom. The van der Waals surface area contributed by atoms with E-state index in [4.69, 9.17) is 5.14 Å². The zero-order chi connectivity index (χ0) is 10.7. The summed E-state index contributed by atoms with van der Waals surface area (Å²) < 4.78 is 42.1. The van der Waals surface area contributed by atoms with E-state index in [1.165, 1.54) is 6.92 Å². The van der Waals surface area contributed by atoms with Gasteiger partial charge in [-0.15, -0.1) is 0 Å². The van der Waals surface area contributed by atoms with Gasteiger partial charge < -0.3 is 4.55 Å². The van der Waals surface area contributed by atoms with Crippen LogP contribution in [0.1, 0.15) is 26.7 Å². The van der Waals surface area contributed by atoms with Gasteiger partial charge in [-0.25, -0.2) is 17.8 Å². The van der Waals surface area contributed by atoms with Crippen molar-refractivity contribution < 1.29 is 17.2 Å². The highest BCUT2D eigenvalue weighted by molar-refractivity contribution is 8.20. The van der Waals surface area contributed by atoms with Gasteiger partial charge in [-0.3, -0.25) is 0 Å². The van der Waals surface area contributed by atoms with E-state index < -0.39 is 24.0 Å². The lowest BCUT2D eigenvalue weighted by atomic mass is 10.6. The second-order valence-electron chi connectivity index (χ2n) is 2.62. The van der Waals surface area contributed by atoms with Crippen molar-refractivity contribution in [2.24, 2.45) is 5.14 Å². The third kappa shape index (κ3) is 3.63. The largest absolute Gasteiger partial charge is 0.313 e. The van der Waals surface area contributed by atoms with Gasteiger partial charge in [0.1, 0.15) is 4.20 Å². The fraction of sp³-hybridized carbons (Fsp3) is 0.833. The molecular formula is C6H15NO4S2. The number of primary sulfonamides is 1. The van der Waals surface area contributed by atoms with Crippen LogP contribution in [0.3, 0.4) is 0 Å². The Balaban J connectivity index is 5.52. The number of nitrogens with two attached hydrogens (primary N) is 1. The van der Waals surface area contributed by atoms with Gasteiger partial charge in [0.15, 0.2) is 0 Å². The third-order valence-electron chi connectivity index (χ3n) is 1.44. The van der Waals surface area contributed by atoms with E-state index in [1.807, 2.05) is 0 Å². The van der Waals surface area contributed by atoms with E-state index in [2.05, 4.69) is 0 Å². The van der Waals surface area contributed by atoms with Crippen LogP contribution in [0.2, 0.25) is 0 Å². The van der Waals surface area contributed by atoms with Gasteiger partial charge in [-0.05, 0) is 12.8 Å². The zero-order valence-electron chi connectivity index (χ0n) is 7.69. The van der Waals surface area contributed by atoms with Crippen LogP contribution in [0.4, 0.5) is 0 Å². The highest BCUT2D eigenvalue weighted by Crippen LogP contribution is 2.02. The minimum Gasteiger partial charge on any atom is -0.313 e. The van der Waals surface area contributed by atoms with Crippen molar-refractivity contribution in [3.8, 4) is 0 Å². The maximum Gasteiger partial charge on any atom is 0.243 e. The summed E-state index contributed by atoms with van der Waals surface area (Å²) in [5.74, 6) is -0.0629. The number of rotatable bonds is 3. The maximum atomic E-state index is 11.4. The Hall–Kier alpha value is -0.110. The molecule has 0 aromatic carbocycles. The van der Waals surface area contributed by atoms with Gasteiger partial charge in [0.05, 0.1) is 9.80 Å². The molecule has 0 radical (unpaired) electrons. The molecular weight excluding hydrogens is 214 g/mol. The molecule has 0 heterocycles. The molecule has 0 aliphatic rings. The zero-order valence-corrected chi connectivity index (χ0v) is 9.32. The van der Waals surface area contributed by atoms with E-state index in [1.54, 1.807) is 6.92 Å². The number of sulfonamides is 1. The summed E-state index contributed by atoms with van der Waals surface area (Å²) in [4.78, 5) is 0. The summed E-state index contributed by atoms with van der Waals surface area (Å²) in [6.07, 6.45) is 0.419. The van der Waals surface area contributed by atoms with E-state index in [9.17, 15) is 17.2 Å². The topological polar surface area (TPSA) is 97.5 Å². The minimum absolute atomic E-state index is 0.0197. The quantitative estimate of drug-likeness (QED) is 0.665. The molecule has 0 aliphatic carbocycles. The van der Waals surface area contributed by atoms with Crippen molar-refractivity contribution in [1.82, 2.24) is 0 Å². The summed E-state index contributed by atoms with van der Waals surface area (Å²) in [5.41, 5.74) is 0. The van der Waals surface area contributed by atoms with Gasteiger partial charge in [0, 0.05) is 5.75 Å². The molecule has 0 aromatic rings. The van der Waals surface area contributed by atoms with Crippen LogP contribution in [0.5, 0.6) is 0 Å². The van der Waals surface area contributed by atoms with Crippen molar-refractivity contribution in [2.75, 3.05) is 5.75 Å². The monoisotopic (exact) mass is 229 g/mol. The molecule has 1 unspecified atom stereocenters. The molecule has 3 N–H and O–H groups in total. The van der Waals surface area contributed by atoms with Crippen LogP contribution < -0.4 is 5.14 Å². The third-order valence-corrected chi connectivity index (χ3v) is 5.81. The summed E-state index contributed by atoms with van der Waals surface area (Å²) in [6, 6.07) is 0. The molecule has 0 aromatic heterocycles. The van der Waals surface area contributed by atoms with Crippen LogP contribution >= 0.6 is 0 Å². The predicted octanol–water partition coefficient (Wildman–Crippen LogP) is -0.0178. The molecule has 0 rings (SSSR count). The highest BCUT2D eigenvalue weighted by atomic mass is 32.3. The second-order valence-corrected chi connectivity index (χ2v) is 6.64. The Morgan fingerprint density at radius 3 is 2.00 bits per heavy atom. The Morgan fingerprint density at radius 1 is 1.31 bits per heavy atom. The van der Waals surface area contributed by atoms with Gasteiger partial charge in [0.25, 0.3) is 0 Å². The molecule has 0 amide bonds. The van der Waals surface area contributed by atoms with Crippen LogP contribution in [0.15, 0.2) is 0 Å². The number of hydrogen-bond acceptors (Lipinski definition) is 3. The average molecular weight is 229 g/mol. The van der Waals surface area contributed by atoms with Crippen molar-refractivity contribution in [3.05, 3.63) is 0 Å². The highest BCUT2D eigenvalue weighted by Gasteiger charge is 2.19. The second kappa shape index (κ2) is 4.41. The first-order chi connectivity index (χ1) is 5.75. The van der Waals surface area contributed by atoms with E-state index in [0.29, 0.717) is 6.42 Å². The van der Waals surface area contributed by atoms with Gasteiger partial charge in [-0.2, -0.15) is 0 Å². The molecule has 0 spiro atoms. The SMILES string of the molecule is CCCS(=O)(O)=C(CC)S(N)(=O)=O. The molecule has 5 nitrogen and oxygen atoms in total. The van der Waals surface area contributed by atoms with Crippen molar-refractivity contribution in [3.63, 3.8) is 0 Å². The van der Waals surface area contributed by atoms with E-state index in [-0.39, 0.29) is 12.2 Å². The first kappa shape index (κ1) is 12.9. The van der Waals surface area contributed by atoms with Crippen LogP contribution in [0.25, 0.3) is 0 Å². The fourth-order valence-corrected chi connectivity index (χ4v) is 4.34. The first-order valence-corrected chi connectivity index (χ1v) is 7.11. The standard InChI is InChI=1S/C6H15NO4S2/c1-3-5-12(8,9)6(4-2)13(7,10)11/h3-5H2,1-2H3,(H,8,9)(H2,7,10,11). The normalized spacial score (nSPS) is 16.6. The molecule has 0 fully saturated rings. The lowest BCUT2D eigenvalue weighted by Gasteiger charge is -2.07. The lowest BCUT2D eigenvalue weighted by Crippen LogP contribution is -2.30. The first-order valence-electron chi connectivity index (χ1n) is 3.88. The lowest BCUT2D eigenvalue weighted by molar-refractivity contribution is 0.557. The summed E-state index contributed by atoms with van der Waals surface area (Å²) >= 11 is 0. The summed E-state index contributed by atoms with van der Waals surface area (Å²) in [5, 5.41) is 4.80. The smallest absolute Gasteiger partial charge is 0.243 e. The van der Waals surface area contributed by atoms with Gasteiger partial charge >= 0.3 is 0 Å². The number of hydrogen-bond donors (Lipinski definition) is 2. The molecule has 0 saturated heterocycles.